The van der Waals surface area contributed by atoms with Gasteiger partial charge in [0.05, 0.1) is 23.0 Å². The molecule has 1 fully saturated rings. The van der Waals surface area contributed by atoms with Crippen LogP contribution in [-0.2, 0) is 25.4 Å². The molecule has 208 valence electrons. The molecule has 4 rings (SSSR count). The number of esters is 1. The lowest BCUT2D eigenvalue weighted by atomic mass is 9.79. The van der Waals surface area contributed by atoms with E-state index in [9.17, 15) is 19.7 Å². The van der Waals surface area contributed by atoms with Crippen molar-refractivity contribution in [2.24, 2.45) is 11.8 Å². The van der Waals surface area contributed by atoms with Gasteiger partial charge in [0.15, 0.2) is 8.32 Å². The minimum atomic E-state index is -2.11. The summed E-state index contributed by atoms with van der Waals surface area (Å²) in [4.78, 5) is 40.9. The molecule has 0 bridgehead atoms. The number of β-lactam (4-membered cyclic amide) rings is 1. The Morgan fingerprint density at radius 1 is 1.13 bits per heavy atom. The van der Waals surface area contributed by atoms with Crippen molar-refractivity contribution in [2.75, 3.05) is 0 Å². The Morgan fingerprint density at radius 3 is 2.31 bits per heavy atom. The van der Waals surface area contributed by atoms with Crippen LogP contribution in [0.1, 0.15) is 40.2 Å². The fourth-order valence-corrected chi connectivity index (χ4v) is 7.48. The number of fused-ring (bicyclic) bond motifs is 1. The Hall–Kier alpha value is -2.95. The topological polar surface area (TPSA) is 99.0 Å². The van der Waals surface area contributed by atoms with Crippen LogP contribution >= 0.6 is 11.8 Å². The van der Waals surface area contributed by atoms with Gasteiger partial charge in [-0.3, -0.25) is 14.9 Å². The van der Waals surface area contributed by atoms with Gasteiger partial charge in [0.25, 0.3) is 5.69 Å². The maximum absolute atomic E-state index is 13.6. The first-order valence-corrected chi connectivity index (χ1v) is 16.8. The summed E-state index contributed by atoms with van der Waals surface area (Å²) in [7, 11) is -2.11. The molecule has 4 atom stereocenters. The molecule has 0 aromatic heterocycles. The second kappa shape index (κ2) is 10.9. The number of amides is 1. The first kappa shape index (κ1) is 29.0. The molecule has 2 aliphatic rings. The third-order valence-electron chi connectivity index (χ3n) is 8.06. The highest BCUT2D eigenvalue weighted by Crippen LogP contribution is 2.53. The molecule has 2 aromatic rings. The number of benzene rings is 2. The fourth-order valence-electron chi connectivity index (χ4n) is 4.90. The summed E-state index contributed by atoms with van der Waals surface area (Å²) >= 11 is 1.48. The zero-order valence-electron chi connectivity index (χ0n) is 23.5. The Kier molecular flexibility index (Phi) is 8.12. The van der Waals surface area contributed by atoms with Crippen LogP contribution in [0.25, 0.3) is 0 Å². The van der Waals surface area contributed by atoms with Crippen LogP contribution in [-0.4, -0.2) is 42.2 Å². The van der Waals surface area contributed by atoms with Crippen LogP contribution < -0.4 is 0 Å². The van der Waals surface area contributed by atoms with Crippen LogP contribution in [0, 0.1) is 22.0 Å². The average molecular weight is 569 g/mol. The van der Waals surface area contributed by atoms with Crippen molar-refractivity contribution in [3.63, 3.8) is 0 Å². The molecule has 0 spiro atoms. The van der Waals surface area contributed by atoms with Gasteiger partial charge in [-0.05, 0) is 54.9 Å². The number of hydrogen-bond acceptors (Lipinski definition) is 7. The zero-order chi connectivity index (χ0) is 28.7. The summed E-state index contributed by atoms with van der Waals surface area (Å²) in [6, 6.07) is 15.4. The van der Waals surface area contributed by atoms with Gasteiger partial charge < -0.3 is 14.1 Å². The van der Waals surface area contributed by atoms with Crippen LogP contribution in [0.4, 0.5) is 5.69 Å². The van der Waals surface area contributed by atoms with E-state index >= 15 is 0 Å². The third kappa shape index (κ3) is 5.69. The number of nitro benzene ring substituents is 1. The van der Waals surface area contributed by atoms with Crippen molar-refractivity contribution >= 4 is 37.6 Å². The molecule has 2 aromatic carbocycles. The standard InChI is InChI=1S/C29H36N2O6SSi/c1-18-24-23(19(2)37-39(6,7)29(3,4)5)27(32)30(24)25(26(18)38-22-11-9-8-10-12-22)28(33)36-17-20-13-15-21(16-14-20)31(34)35/h8-16,18-19,23-24H,17H2,1-7H3/t18-,19?,23-,24-/m1/s1. The highest BCUT2D eigenvalue weighted by atomic mass is 32.2. The van der Waals surface area contributed by atoms with Gasteiger partial charge in [-0.2, -0.15) is 0 Å². The molecule has 0 radical (unpaired) electrons. The Morgan fingerprint density at radius 2 is 1.74 bits per heavy atom. The molecule has 1 unspecified atom stereocenters. The molecule has 0 N–H and O–H groups in total. The number of thioether (sulfide) groups is 1. The van der Waals surface area contributed by atoms with E-state index in [-0.39, 0.29) is 52.9 Å². The molecule has 0 saturated carbocycles. The maximum atomic E-state index is 13.6. The summed E-state index contributed by atoms with van der Waals surface area (Å²) in [5.74, 6) is -1.12. The fraction of sp³-hybridized carbons (Fsp3) is 0.448. The van der Waals surface area contributed by atoms with Gasteiger partial charge >= 0.3 is 5.97 Å². The number of rotatable bonds is 9. The smallest absolute Gasteiger partial charge is 0.356 e. The molecule has 2 heterocycles. The predicted octanol–water partition coefficient (Wildman–Crippen LogP) is 6.53. The normalized spacial score (nSPS) is 21.9. The van der Waals surface area contributed by atoms with Crippen LogP contribution in [0.15, 0.2) is 70.1 Å². The van der Waals surface area contributed by atoms with Gasteiger partial charge in [0.1, 0.15) is 12.3 Å². The van der Waals surface area contributed by atoms with Crippen molar-refractivity contribution in [2.45, 2.75) is 76.4 Å². The average Bonchev–Trinajstić information content (AvgIpc) is 3.10. The largest absolute Gasteiger partial charge is 0.456 e. The van der Waals surface area contributed by atoms with Crippen LogP contribution in [0.5, 0.6) is 0 Å². The van der Waals surface area contributed by atoms with Crippen molar-refractivity contribution in [3.8, 4) is 0 Å². The molecule has 39 heavy (non-hydrogen) atoms. The summed E-state index contributed by atoms with van der Waals surface area (Å²) < 4.78 is 12.3. The lowest BCUT2D eigenvalue weighted by Crippen LogP contribution is -2.65. The van der Waals surface area contributed by atoms with E-state index in [0.29, 0.717) is 5.56 Å². The number of nitro groups is 1. The zero-order valence-corrected chi connectivity index (χ0v) is 25.3. The van der Waals surface area contributed by atoms with Crippen molar-refractivity contribution in [1.29, 1.82) is 0 Å². The quantitative estimate of drug-likeness (QED) is 0.111. The number of ether oxygens (including phenoxy) is 1. The van der Waals surface area contributed by atoms with Gasteiger partial charge in [-0.1, -0.05) is 57.7 Å². The van der Waals surface area contributed by atoms with Crippen molar-refractivity contribution in [3.05, 3.63) is 80.9 Å². The van der Waals surface area contributed by atoms with E-state index in [1.54, 1.807) is 17.0 Å². The van der Waals surface area contributed by atoms with E-state index in [1.807, 2.05) is 37.3 Å². The number of carbonyl (C=O) groups is 2. The molecule has 1 saturated heterocycles. The lowest BCUT2D eigenvalue weighted by Gasteiger charge is -2.50. The van der Waals surface area contributed by atoms with Gasteiger partial charge in [-0.15, -0.1) is 0 Å². The number of hydrogen-bond donors (Lipinski definition) is 0. The number of carbonyl (C=O) groups excluding carboxylic acids is 2. The Balaban J connectivity index is 1.58. The van der Waals surface area contributed by atoms with Crippen molar-refractivity contribution in [1.82, 2.24) is 4.90 Å². The third-order valence-corrected chi connectivity index (χ3v) is 13.9. The Bertz CT molecular complexity index is 1290. The Labute approximate surface area is 235 Å². The van der Waals surface area contributed by atoms with E-state index in [4.69, 9.17) is 9.16 Å². The second-order valence-electron chi connectivity index (χ2n) is 11.7. The summed E-state index contributed by atoms with van der Waals surface area (Å²) in [5.41, 5.74) is 0.871. The van der Waals surface area contributed by atoms with E-state index in [0.717, 1.165) is 9.80 Å². The molecule has 0 aliphatic carbocycles. The minimum Gasteiger partial charge on any atom is -0.456 e. The molecular weight excluding hydrogens is 532 g/mol. The van der Waals surface area contributed by atoms with E-state index < -0.39 is 19.2 Å². The highest BCUT2D eigenvalue weighted by Gasteiger charge is 2.61. The van der Waals surface area contributed by atoms with Crippen LogP contribution in [0.2, 0.25) is 18.1 Å². The number of non-ortho nitro benzene ring substituents is 1. The van der Waals surface area contributed by atoms with Gasteiger partial charge in [0, 0.05) is 27.9 Å². The molecule has 10 heteroatoms. The summed E-state index contributed by atoms with van der Waals surface area (Å²) in [5, 5.41) is 10.9. The minimum absolute atomic E-state index is 0.00837. The maximum Gasteiger partial charge on any atom is 0.356 e. The molecule has 8 nitrogen and oxygen atoms in total. The van der Waals surface area contributed by atoms with Gasteiger partial charge in [0.2, 0.25) is 5.91 Å². The highest BCUT2D eigenvalue weighted by molar-refractivity contribution is 8.03. The van der Waals surface area contributed by atoms with Crippen molar-refractivity contribution < 1.29 is 23.7 Å². The predicted molar refractivity (Wildman–Crippen MR) is 153 cm³/mol. The molecule has 2 aliphatic heterocycles. The summed E-state index contributed by atoms with van der Waals surface area (Å²) in [6.07, 6.45) is -0.277. The lowest BCUT2D eigenvalue weighted by molar-refractivity contribution is -0.384. The van der Waals surface area contributed by atoms with E-state index in [1.165, 1.54) is 23.9 Å². The monoisotopic (exact) mass is 568 g/mol. The van der Waals surface area contributed by atoms with Crippen LogP contribution in [0.3, 0.4) is 0 Å². The SMILES string of the molecule is CC(O[Si](C)(C)C(C)(C)C)[C@H]1C(=O)N2C(C(=O)OCc3ccc([N+](=O)[O-])cc3)=C(Sc3ccccc3)[C@H](C)[C@H]12. The first-order chi connectivity index (χ1) is 18.2. The molecule has 1 amide bonds. The summed E-state index contributed by atoms with van der Waals surface area (Å²) in [6.45, 7) is 14.9. The van der Waals surface area contributed by atoms with E-state index in [2.05, 4.69) is 40.8 Å². The number of nitrogens with zero attached hydrogens (tertiary/aromatic N) is 2. The van der Waals surface area contributed by atoms with Gasteiger partial charge in [-0.25, -0.2) is 4.79 Å². The second-order valence-corrected chi connectivity index (χ2v) is 17.6. The molecular formula is C29H36N2O6SSi. The first-order valence-electron chi connectivity index (χ1n) is 13.1.